The van der Waals surface area contributed by atoms with Crippen molar-refractivity contribution in [2.45, 2.75) is 49.8 Å². The van der Waals surface area contributed by atoms with E-state index in [1.807, 2.05) is 20.8 Å². The third-order valence-electron chi connectivity index (χ3n) is 2.65. The number of hydrogen-bond donors (Lipinski definition) is 2. The number of hydrogen-bond acceptors (Lipinski definition) is 4. The molecule has 114 valence electrons. The Morgan fingerprint density at radius 1 is 1.24 bits per heavy atom. The second-order valence-electron chi connectivity index (χ2n) is 5.80. The Balaban J connectivity index is 2.17. The molecule has 0 amide bonds. The molecule has 0 saturated heterocycles. The number of nitrogens with one attached hydrogen (secondary N) is 2. The SMILES string of the molecule is Cc1nc(Sc2c(F)cc(CNC(C)(C)C)cc2F)n[nH]1. The van der Waals surface area contributed by atoms with Crippen LogP contribution in [0.25, 0.3) is 0 Å². The van der Waals surface area contributed by atoms with Gasteiger partial charge in [-0.3, -0.25) is 5.10 Å². The summed E-state index contributed by atoms with van der Waals surface area (Å²) >= 11 is 0.870. The largest absolute Gasteiger partial charge is 0.308 e. The number of aryl methyl sites for hydroxylation is 1. The van der Waals surface area contributed by atoms with Crippen LogP contribution in [0.1, 0.15) is 32.2 Å². The highest BCUT2D eigenvalue weighted by atomic mass is 32.2. The predicted octanol–water partition coefficient (Wildman–Crippen LogP) is 3.43. The van der Waals surface area contributed by atoms with Crippen LogP contribution in [-0.2, 0) is 6.54 Å². The van der Waals surface area contributed by atoms with E-state index in [2.05, 4.69) is 20.5 Å². The van der Waals surface area contributed by atoms with Gasteiger partial charge in [-0.25, -0.2) is 13.8 Å². The van der Waals surface area contributed by atoms with Crippen LogP contribution in [0.2, 0.25) is 0 Å². The summed E-state index contributed by atoms with van der Waals surface area (Å²) in [5.74, 6) is -0.606. The normalized spacial score (nSPS) is 11.9. The Bertz CT molecular complexity index is 611. The molecule has 0 bridgehead atoms. The van der Waals surface area contributed by atoms with Crippen LogP contribution in [0.5, 0.6) is 0 Å². The van der Waals surface area contributed by atoms with E-state index < -0.39 is 11.6 Å². The van der Waals surface area contributed by atoms with Gasteiger partial charge in [-0.05, 0) is 57.2 Å². The molecule has 0 atom stereocenters. The average molecular weight is 312 g/mol. The summed E-state index contributed by atoms with van der Waals surface area (Å²) in [6, 6.07) is 2.67. The highest BCUT2D eigenvalue weighted by Gasteiger charge is 2.16. The fourth-order valence-corrected chi connectivity index (χ4v) is 2.41. The Hall–Kier alpha value is -1.47. The molecule has 0 unspecified atom stereocenters. The van der Waals surface area contributed by atoms with Crippen molar-refractivity contribution < 1.29 is 8.78 Å². The summed E-state index contributed by atoms with van der Waals surface area (Å²) in [4.78, 5) is 3.94. The van der Waals surface area contributed by atoms with Gasteiger partial charge in [0.15, 0.2) is 0 Å². The molecule has 2 N–H and O–H groups in total. The van der Waals surface area contributed by atoms with E-state index >= 15 is 0 Å². The second kappa shape index (κ2) is 6.11. The Kier molecular flexibility index (Phi) is 4.63. The average Bonchev–Trinajstić information content (AvgIpc) is 2.76. The molecule has 21 heavy (non-hydrogen) atoms. The monoisotopic (exact) mass is 312 g/mol. The van der Waals surface area contributed by atoms with Gasteiger partial charge in [-0.15, -0.1) is 5.10 Å². The van der Waals surface area contributed by atoms with Crippen LogP contribution < -0.4 is 5.32 Å². The van der Waals surface area contributed by atoms with E-state index in [0.717, 1.165) is 11.8 Å². The molecule has 4 nitrogen and oxygen atoms in total. The van der Waals surface area contributed by atoms with Crippen molar-refractivity contribution in [3.05, 3.63) is 35.2 Å². The number of benzene rings is 1. The van der Waals surface area contributed by atoms with Crippen molar-refractivity contribution in [2.75, 3.05) is 0 Å². The van der Waals surface area contributed by atoms with E-state index in [-0.39, 0.29) is 10.4 Å². The molecular formula is C14H18F2N4S. The van der Waals surface area contributed by atoms with Crippen molar-refractivity contribution in [3.8, 4) is 0 Å². The molecule has 0 fully saturated rings. The minimum absolute atomic E-state index is 0.0893. The molecule has 0 aliphatic heterocycles. The third-order valence-corrected chi connectivity index (χ3v) is 3.61. The van der Waals surface area contributed by atoms with Crippen molar-refractivity contribution in [1.29, 1.82) is 0 Å². The zero-order chi connectivity index (χ0) is 15.6. The van der Waals surface area contributed by atoms with Crippen LogP contribution in [0.15, 0.2) is 22.2 Å². The summed E-state index contributed by atoms with van der Waals surface area (Å²) in [6.45, 7) is 8.12. The zero-order valence-electron chi connectivity index (χ0n) is 12.4. The molecule has 0 saturated carbocycles. The van der Waals surface area contributed by atoms with Crippen molar-refractivity contribution in [1.82, 2.24) is 20.5 Å². The maximum atomic E-state index is 14.1. The zero-order valence-corrected chi connectivity index (χ0v) is 13.2. The van der Waals surface area contributed by atoms with Gasteiger partial charge in [-0.1, -0.05) is 0 Å². The standard InChI is InChI=1S/C14H18F2N4S/c1-8-18-13(20-19-8)21-12-10(15)5-9(6-11(12)16)7-17-14(2,3)4/h5-6,17H,7H2,1-4H3,(H,18,19,20). The lowest BCUT2D eigenvalue weighted by atomic mass is 10.1. The van der Waals surface area contributed by atoms with Crippen LogP contribution >= 0.6 is 11.8 Å². The van der Waals surface area contributed by atoms with Crippen LogP contribution in [0.4, 0.5) is 8.78 Å². The summed E-state index contributed by atoms with van der Waals surface area (Å²) in [5, 5.41) is 10.00. The highest BCUT2D eigenvalue weighted by molar-refractivity contribution is 7.99. The smallest absolute Gasteiger partial charge is 0.213 e. The maximum absolute atomic E-state index is 14.1. The van der Waals surface area contributed by atoms with E-state index in [0.29, 0.717) is 23.1 Å². The minimum Gasteiger partial charge on any atom is -0.308 e. The minimum atomic E-state index is -0.604. The van der Waals surface area contributed by atoms with E-state index in [4.69, 9.17) is 0 Å². The van der Waals surface area contributed by atoms with Gasteiger partial charge in [-0.2, -0.15) is 0 Å². The first kappa shape index (κ1) is 15.9. The molecule has 0 radical (unpaired) electrons. The number of aromatic amines is 1. The molecular weight excluding hydrogens is 294 g/mol. The van der Waals surface area contributed by atoms with Gasteiger partial charge in [0.05, 0.1) is 4.90 Å². The first-order valence-corrected chi connectivity index (χ1v) is 7.36. The number of aromatic nitrogens is 3. The molecule has 0 spiro atoms. The van der Waals surface area contributed by atoms with Gasteiger partial charge in [0.2, 0.25) is 5.16 Å². The number of halogens is 2. The quantitative estimate of drug-likeness (QED) is 0.908. The summed E-state index contributed by atoms with van der Waals surface area (Å²) in [7, 11) is 0. The Morgan fingerprint density at radius 2 is 1.86 bits per heavy atom. The van der Waals surface area contributed by atoms with Crippen LogP contribution in [0.3, 0.4) is 0 Å². The van der Waals surface area contributed by atoms with Gasteiger partial charge >= 0.3 is 0 Å². The number of H-pyrrole nitrogens is 1. The predicted molar refractivity (Wildman–Crippen MR) is 78.2 cm³/mol. The fraction of sp³-hybridized carbons (Fsp3) is 0.429. The number of nitrogens with zero attached hydrogens (tertiary/aromatic N) is 2. The lowest BCUT2D eigenvalue weighted by Crippen LogP contribution is -2.35. The molecule has 1 heterocycles. The molecule has 1 aromatic heterocycles. The van der Waals surface area contributed by atoms with Gasteiger partial charge in [0.1, 0.15) is 17.5 Å². The first-order valence-electron chi connectivity index (χ1n) is 6.54. The lowest BCUT2D eigenvalue weighted by molar-refractivity contribution is 0.422. The molecule has 2 aromatic rings. The molecule has 1 aromatic carbocycles. The third kappa shape index (κ3) is 4.50. The lowest BCUT2D eigenvalue weighted by Gasteiger charge is -2.20. The van der Waals surface area contributed by atoms with E-state index in [1.54, 1.807) is 6.92 Å². The second-order valence-corrected chi connectivity index (χ2v) is 6.78. The topological polar surface area (TPSA) is 53.6 Å². The number of rotatable bonds is 4. The Labute approximate surface area is 126 Å². The van der Waals surface area contributed by atoms with Gasteiger partial charge < -0.3 is 5.32 Å². The summed E-state index contributed by atoms with van der Waals surface area (Å²) in [5.41, 5.74) is 0.451. The van der Waals surface area contributed by atoms with Gasteiger partial charge in [0.25, 0.3) is 0 Å². The van der Waals surface area contributed by atoms with Crippen molar-refractivity contribution >= 4 is 11.8 Å². The molecule has 0 aliphatic rings. The Morgan fingerprint density at radius 3 is 2.33 bits per heavy atom. The molecule has 0 aliphatic carbocycles. The van der Waals surface area contributed by atoms with E-state index in [9.17, 15) is 8.78 Å². The van der Waals surface area contributed by atoms with Gasteiger partial charge in [0, 0.05) is 12.1 Å². The van der Waals surface area contributed by atoms with Crippen molar-refractivity contribution in [2.24, 2.45) is 0 Å². The fourth-order valence-electron chi connectivity index (χ4n) is 1.64. The first-order chi connectivity index (χ1) is 9.74. The maximum Gasteiger partial charge on any atom is 0.213 e. The van der Waals surface area contributed by atoms with Crippen molar-refractivity contribution in [3.63, 3.8) is 0 Å². The van der Waals surface area contributed by atoms with E-state index in [1.165, 1.54) is 12.1 Å². The molecule has 7 heteroatoms. The molecule has 2 rings (SSSR count). The highest BCUT2D eigenvalue weighted by Crippen LogP contribution is 2.30. The van der Waals surface area contributed by atoms with Crippen LogP contribution in [-0.4, -0.2) is 20.7 Å². The summed E-state index contributed by atoms with van der Waals surface area (Å²) < 4.78 is 28.1. The van der Waals surface area contributed by atoms with Crippen LogP contribution in [0, 0.1) is 18.6 Å². The summed E-state index contributed by atoms with van der Waals surface area (Å²) in [6.07, 6.45) is 0.